The second kappa shape index (κ2) is 6.60. The molecule has 0 radical (unpaired) electrons. The van der Waals surface area contributed by atoms with E-state index in [1.807, 2.05) is 13.1 Å². The number of likely N-dealkylation sites (tertiary alicyclic amines) is 1. The van der Waals surface area contributed by atoms with Gasteiger partial charge in [0.1, 0.15) is 11.3 Å². The van der Waals surface area contributed by atoms with Crippen LogP contribution in [0.4, 0.5) is 5.82 Å². The zero-order valence-corrected chi connectivity index (χ0v) is 17.6. The largest absolute Gasteiger partial charge is 0.432 e. The molecule has 3 aliphatic rings. The number of anilines is 1. The van der Waals surface area contributed by atoms with Crippen molar-refractivity contribution in [2.75, 3.05) is 43.5 Å². The summed E-state index contributed by atoms with van der Waals surface area (Å²) < 4.78 is 35.6. The molecular formula is C20H23N5O4S. The Labute approximate surface area is 174 Å². The smallest absolute Gasteiger partial charge is 0.229 e. The van der Waals surface area contributed by atoms with Crippen LogP contribution in [0.2, 0.25) is 0 Å². The van der Waals surface area contributed by atoms with Crippen LogP contribution in [0.1, 0.15) is 17.8 Å². The van der Waals surface area contributed by atoms with Gasteiger partial charge < -0.3 is 14.1 Å². The van der Waals surface area contributed by atoms with Crippen molar-refractivity contribution in [2.45, 2.75) is 31.2 Å². The summed E-state index contributed by atoms with van der Waals surface area (Å²) in [6.07, 6.45) is 2.57. The van der Waals surface area contributed by atoms with Gasteiger partial charge in [-0.3, -0.25) is 4.90 Å². The Morgan fingerprint density at radius 1 is 1.23 bits per heavy atom. The topological polar surface area (TPSA) is 102 Å². The number of aryl methyl sites for hydroxylation is 1. The Balaban J connectivity index is 1.37. The Bertz CT molecular complexity index is 1250. The molecule has 30 heavy (non-hydrogen) atoms. The van der Waals surface area contributed by atoms with E-state index in [1.165, 1.54) is 0 Å². The molecule has 6 heterocycles. The van der Waals surface area contributed by atoms with E-state index in [0.717, 1.165) is 41.8 Å². The van der Waals surface area contributed by atoms with Crippen molar-refractivity contribution in [3.05, 3.63) is 23.7 Å². The number of fused-ring (bicyclic) bond motifs is 5. The molecule has 3 aliphatic heterocycles. The fraction of sp³-hybridized carbons (Fsp3) is 0.550. The molecule has 3 fully saturated rings. The van der Waals surface area contributed by atoms with Gasteiger partial charge in [0, 0.05) is 38.4 Å². The summed E-state index contributed by atoms with van der Waals surface area (Å²) in [5.41, 5.74) is 3.03. The number of hydrogen-bond acceptors (Lipinski definition) is 9. The predicted molar refractivity (Wildman–Crippen MR) is 111 cm³/mol. The standard InChI is InChI=1S/C20H23N5O4S/c1-12-22-17-16-6-13(9-25-10-15-7-14(25)11-30(15,26)27)8-21-20(16)29-18(17)19(23-12)24-2-4-28-5-3-24/h6,8,14-15H,2-5,7,9-11H2,1H3/t14-,15-/m0/s1. The third-order valence-corrected chi connectivity index (χ3v) is 8.65. The Morgan fingerprint density at radius 3 is 2.80 bits per heavy atom. The molecule has 0 saturated carbocycles. The van der Waals surface area contributed by atoms with Crippen molar-refractivity contribution in [2.24, 2.45) is 0 Å². The summed E-state index contributed by atoms with van der Waals surface area (Å²) >= 11 is 0. The van der Waals surface area contributed by atoms with Gasteiger partial charge in [0.2, 0.25) is 5.71 Å². The molecule has 0 amide bonds. The van der Waals surface area contributed by atoms with Gasteiger partial charge in [-0.25, -0.2) is 23.4 Å². The number of pyridine rings is 1. The lowest BCUT2D eigenvalue weighted by Gasteiger charge is -2.27. The van der Waals surface area contributed by atoms with Crippen LogP contribution in [0.15, 0.2) is 16.7 Å². The van der Waals surface area contributed by atoms with Gasteiger partial charge >= 0.3 is 0 Å². The van der Waals surface area contributed by atoms with Gasteiger partial charge in [-0.2, -0.15) is 0 Å². The maximum absolute atomic E-state index is 12.0. The van der Waals surface area contributed by atoms with Crippen molar-refractivity contribution in [3.63, 3.8) is 0 Å². The van der Waals surface area contributed by atoms with Crippen LogP contribution < -0.4 is 4.90 Å². The number of sulfone groups is 1. The Kier molecular flexibility index (Phi) is 4.06. The number of rotatable bonds is 3. The maximum atomic E-state index is 12.0. The SMILES string of the molecule is Cc1nc(N2CCOCC2)c2oc3ncc(CN4C[C@@H]5C[C@H]4CS5(=O)=O)cc3c2n1. The van der Waals surface area contributed by atoms with Crippen LogP contribution in [-0.4, -0.2) is 78.2 Å². The van der Waals surface area contributed by atoms with Crippen molar-refractivity contribution in [1.29, 1.82) is 0 Å². The monoisotopic (exact) mass is 429 g/mol. The van der Waals surface area contributed by atoms with Gasteiger partial charge in [-0.1, -0.05) is 0 Å². The Hall–Kier alpha value is -2.30. The molecule has 9 nitrogen and oxygen atoms in total. The first-order chi connectivity index (χ1) is 14.5. The van der Waals surface area contributed by atoms with Gasteiger partial charge in [0.15, 0.2) is 21.2 Å². The van der Waals surface area contributed by atoms with Gasteiger partial charge in [-0.05, 0) is 25.0 Å². The van der Waals surface area contributed by atoms with Crippen molar-refractivity contribution in [1.82, 2.24) is 19.9 Å². The molecule has 2 bridgehead atoms. The third-order valence-electron chi connectivity index (χ3n) is 6.44. The minimum atomic E-state index is -2.89. The minimum absolute atomic E-state index is 0.120. The molecule has 3 aromatic heterocycles. The number of aromatic nitrogens is 3. The molecule has 3 aromatic rings. The zero-order valence-electron chi connectivity index (χ0n) is 16.7. The highest BCUT2D eigenvalue weighted by Gasteiger charge is 2.48. The van der Waals surface area contributed by atoms with Crippen LogP contribution in [0.3, 0.4) is 0 Å². The summed E-state index contributed by atoms with van der Waals surface area (Å²) in [7, 11) is -2.89. The molecule has 2 atom stereocenters. The van der Waals surface area contributed by atoms with Crippen LogP contribution in [0.5, 0.6) is 0 Å². The molecule has 0 spiro atoms. The Morgan fingerprint density at radius 2 is 2.07 bits per heavy atom. The van der Waals surface area contributed by atoms with E-state index in [1.54, 1.807) is 0 Å². The lowest BCUT2D eigenvalue weighted by molar-refractivity contribution is 0.122. The third kappa shape index (κ3) is 2.89. The van der Waals surface area contributed by atoms with E-state index in [9.17, 15) is 8.42 Å². The molecule has 0 N–H and O–H groups in total. The first kappa shape index (κ1) is 18.5. The number of hydrogen-bond donors (Lipinski definition) is 0. The first-order valence-corrected chi connectivity index (χ1v) is 12.0. The maximum Gasteiger partial charge on any atom is 0.229 e. The molecule has 0 aromatic carbocycles. The van der Waals surface area contributed by atoms with Crippen LogP contribution >= 0.6 is 0 Å². The molecular weight excluding hydrogens is 406 g/mol. The lowest BCUT2D eigenvalue weighted by atomic mass is 10.2. The van der Waals surface area contributed by atoms with Gasteiger partial charge in [-0.15, -0.1) is 0 Å². The number of morpholine rings is 1. The number of nitrogens with zero attached hydrogens (tertiary/aromatic N) is 5. The van der Waals surface area contributed by atoms with Crippen molar-refractivity contribution < 1.29 is 17.6 Å². The number of furan rings is 1. The van der Waals surface area contributed by atoms with Crippen LogP contribution in [0, 0.1) is 6.92 Å². The summed E-state index contributed by atoms with van der Waals surface area (Å²) in [5.74, 6) is 1.76. The number of ether oxygens (including phenoxy) is 1. The van der Waals surface area contributed by atoms with E-state index in [0.29, 0.717) is 43.4 Å². The van der Waals surface area contributed by atoms with E-state index >= 15 is 0 Å². The first-order valence-electron chi connectivity index (χ1n) is 10.3. The fourth-order valence-corrected chi connectivity index (χ4v) is 7.04. The average Bonchev–Trinajstić information content (AvgIpc) is 3.38. The van der Waals surface area contributed by atoms with Crippen LogP contribution in [-0.2, 0) is 21.1 Å². The second-order valence-electron chi connectivity index (χ2n) is 8.44. The van der Waals surface area contributed by atoms with Gasteiger partial charge in [0.25, 0.3) is 0 Å². The molecule has 10 heteroatoms. The molecule has 0 unspecified atom stereocenters. The highest BCUT2D eigenvalue weighted by molar-refractivity contribution is 7.92. The molecule has 3 saturated heterocycles. The van der Waals surface area contributed by atoms with E-state index < -0.39 is 9.84 Å². The minimum Gasteiger partial charge on any atom is -0.432 e. The fourth-order valence-electron chi connectivity index (χ4n) is 4.95. The van der Waals surface area contributed by atoms with Crippen molar-refractivity contribution in [3.8, 4) is 0 Å². The quantitative estimate of drug-likeness (QED) is 0.609. The molecule has 158 valence electrons. The van der Waals surface area contributed by atoms with Gasteiger partial charge in [0.05, 0.1) is 29.6 Å². The van der Waals surface area contributed by atoms with E-state index in [-0.39, 0.29) is 17.0 Å². The zero-order chi connectivity index (χ0) is 20.5. The normalized spacial score (nSPS) is 26.2. The van der Waals surface area contributed by atoms with E-state index in [2.05, 4.69) is 30.8 Å². The second-order valence-corrected chi connectivity index (χ2v) is 10.8. The lowest BCUT2D eigenvalue weighted by Crippen LogP contribution is -2.39. The summed E-state index contributed by atoms with van der Waals surface area (Å²) in [6.45, 7) is 6.05. The highest BCUT2D eigenvalue weighted by Crippen LogP contribution is 2.36. The van der Waals surface area contributed by atoms with Crippen LogP contribution in [0.25, 0.3) is 22.2 Å². The molecule has 0 aliphatic carbocycles. The summed E-state index contributed by atoms with van der Waals surface area (Å²) in [5, 5.41) is 0.667. The highest BCUT2D eigenvalue weighted by atomic mass is 32.2. The molecule has 6 rings (SSSR count). The summed E-state index contributed by atoms with van der Waals surface area (Å²) in [6, 6.07) is 2.19. The average molecular weight is 430 g/mol. The predicted octanol–water partition coefficient (Wildman–Crippen LogP) is 1.29. The van der Waals surface area contributed by atoms with E-state index in [4.69, 9.17) is 9.15 Å². The summed E-state index contributed by atoms with van der Waals surface area (Å²) in [4.78, 5) is 18.3. The van der Waals surface area contributed by atoms with Crippen molar-refractivity contribution >= 4 is 37.9 Å².